The fourth-order valence-electron chi connectivity index (χ4n) is 2.15. The van der Waals surface area contributed by atoms with Crippen molar-refractivity contribution in [3.05, 3.63) is 24.3 Å². The van der Waals surface area contributed by atoms with Crippen molar-refractivity contribution in [2.45, 2.75) is 25.3 Å². The molecule has 1 heterocycles. The van der Waals surface area contributed by atoms with Crippen LogP contribution in [-0.4, -0.2) is 32.1 Å². The first-order valence-electron chi connectivity index (χ1n) is 6.51. The number of benzene rings is 1. The van der Waals surface area contributed by atoms with Crippen molar-refractivity contribution in [3.63, 3.8) is 0 Å². The third kappa shape index (κ3) is 2.39. The average molecular weight is 272 g/mol. The second-order valence-corrected chi connectivity index (χ2v) is 5.33. The van der Waals surface area contributed by atoms with Gasteiger partial charge in [0.15, 0.2) is 0 Å². The van der Waals surface area contributed by atoms with Gasteiger partial charge in [0.2, 0.25) is 11.7 Å². The summed E-state index contributed by atoms with van der Waals surface area (Å²) in [5.41, 5.74) is 6.73. The molecule has 7 nitrogen and oxygen atoms in total. The van der Waals surface area contributed by atoms with Crippen LogP contribution in [0.4, 0.5) is 5.69 Å². The molecule has 0 aliphatic heterocycles. The van der Waals surface area contributed by atoms with Gasteiger partial charge in [-0.25, -0.2) is 0 Å². The largest absolute Gasteiger partial charge is 0.324 e. The number of nitrogens with one attached hydrogen (secondary N) is 2. The van der Waals surface area contributed by atoms with E-state index in [4.69, 9.17) is 5.73 Å². The monoisotopic (exact) mass is 272 g/mol. The molecule has 1 fully saturated rings. The number of hydrogen-bond donors (Lipinski definition) is 3. The van der Waals surface area contributed by atoms with Gasteiger partial charge in [0.05, 0.1) is 5.54 Å². The minimum absolute atomic E-state index is 0.162. The quantitative estimate of drug-likeness (QED) is 0.767. The van der Waals surface area contributed by atoms with E-state index >= 15 is 0 Å². The standard InChI is InChI=1S/C13H16N6O/c1-13(14,9-5-6-9)12(20)15-10-4-2-3-8(7-10)11-16-18-19-17-11/h2-4,7,9H,5-6,14H2,1H3,(H,15,20)(H,16,17,18,19). The van der Waals surface area contributed by atoms with Crippen molar-refractivity contribution < 1.29 is 4.79 Å². The molecular formula is C13H16N6O. The van der Waals surface area contributed by atoms with E-state index in [1.54, 1.807) is 13.0 Å². The molecule has 1 unspecified atom stereocenters. The Balaban J connectivity index is 1.78. The van der Waals surface area contributed by atoms with Crippen LogP contribution in [0, 0.1) is 5.92 Å². The number of hydrogen-bond acceptors (Lipinski definition) is 5. The lowest BCUT2D eigenvalue weighted by Gasteiger charge is -2.23. The molecule has 0 bridgehead atoms. The van der Waals surface area contributed by atoms with Gasteiger partial charge in [0.1, 0.15) is 0 Å². The molecule has 1 amide bonds. The van der Waals surface area contributed by atoms with Gasteiger partial charge in [0, 0.05) is 11.3 Å². The second kappa shape index (κ2) is 4.68. The highest BCUT2D eigenvalue weighted by molar-refractivity contribution is 5.98. The molecule has 1 aromatic heterocycles. The first kappa shape index (κ1) is 12.7. The van der Waals surface area contributed by atoms with E-state index in [2.05, 4.69) is 25.9 Å². The Labute approximate surface area is 115 Å². The molecule has 7 heteroatoms. The van der Waals surface area contributed by atoms with E-state index in [0.29, 0.717) is 11.5 Å². The number of tetrazole rings is 1. The van der Waals surface area contributed by atoms with Crippen molar-refractivity contribution in [1.29, 1.82) is 0 Å². The van der Waals surface area contributed by atoms with Gasteiger partial charge in [-0.2, -0.15) is 5.21 Å². The summed E-state index contributed by atoms with van der Waals surface area (Å²) in [6.45, 7) is 1.78. The summed E-state index contributed by atoms with van der Waals surface area (Å²) in [5, 5.41) is 16.6. The van der Waals surface area contributed by atoms with E-state index in [0.717, 1.165) is 18.4 Å². The number of rotatable bonds is 4. The molecule has 1 aliphatic carbocycles. The highest BCUT2D eigenvalue weighted by atomic mass is 16.2. The van der Waals surface area contributed by atoms with E-state index in [1.165, 1.54) is 0 Å². The van der Waals surface area contributed by atoms with Gasteiger partial charge in [-0.3, -0.25) is 4.79 Å². The van der Waals surface area contributed by atoms with Gasteiger partial charge in [-0.05, 0) is 43.0 Å². The number of amides is 1. The van der Waals surface area contributed by atoms with E-state index in [1.807, 2.05) is 18.2 Å². The van der Waals surface area contributed by atoms with Gasteiger partial charge in [-0.1, -0.05) is 12.1 Å². The maximum Gasteiger partial charge on any atom is 0.244 e. The normalized spacial score (nSPS) is 17.5. The van der Waals surface area contributed by atoms with E-state index in [-0.39, 0.29) is 11.8 Å². The molecule has 20 heavy (non-hydrogen) atoms. The zero-order valence-corrected chi connectivity index (χ0v) is 11.1. The van der Waals surface area contributed by atoms with E-state index < -0.39 is 5.54 Å². The number of aromatic nitrogens is 4. The predicted octanol–water partition coefficient (Wildman–Crippen LogP) is 0.933. The minimum atomic E-state index is -0.817. The molecule has 1 aliphatic rings. The SMILES string of the molecule is CC(N)(C(=O)Nc1cccc(-c2nn[nH]n2)c1)C1CC1. The molecule has 104 valence electrons. The number of aromatic amines is 1. The fourth-order valence-corrected chi connectivity index (χ4v) is 2.15. The van der Waals surface area contributed by atoms with Crippen LogP contribution < -0.4 is 11.1 Å². The molecule has 1 atom stereocenters. The van der Waals surface area contributed by atoms with Gasteiger partial charge >= 0.3 is 0 Å². The molecule has 1 aromatic carbocycles. The zero-order chi connectivity index (χ0) is 14.2. The summed E-state index contributed by atoms with van der Waals surface area (Å²) in [5.74, 6) is 0.604. The molecule has 4 N–H and O–H groups in total. The summed E-state index contributed by atoms with van der Waals surface area (Å²) in [7, 11) is 0. The topological polar surface area (TPSA) is 110 Å². The van der Waals surface area contributed by atoms with Gasteiger partial charge in [-0.15, -0.1) is 10.2 Å². The third-order valence-electron chi connectivity index (χ3n) is 3.64. The highest BCUT2D eigenvalue weighted by Gasteiger charge is 2.44. The number of nitrogens with zero attached hydrogens (tertiary/aromatic N) is 3. The van der Waals surface area contributed by atoms with Crippen LogP contribution >= 0.6 is 0 Å². The predicted molar refractivity (Wildman–Crippen MR) is 73.6 cm³/mol. The average Bonchev–Trinajstić information content (AvgIpc) is 3.15. The van der Waals surface area contributed by atoms with Gasteiger partial charge < -0.3 is 11.1 Å². The Morgan fingerprint density at radius 3 is 2.95 bits per heavy atom. The Morgan fingerprint density at radius 1 is 1.50 bits per heavy atom. The smallest absolute Gasteiger partial charge is 0.244 e. The first-order chi connectivity index (χ1) is 9.57. The van der Waals surface area contributed by atoms with Crippen molar-refractivity contribution >= 4 is 11.6 Å². The number of nitrogens with two attached hydrogens (primary N) is 1. The maximum atomic E-state index is 12.2. The van der Waals surface area contributed by atoms with Gasteiger partial charge in [0.25, 0.3) is 0 Å². The van der Waals surface area contributed by atoms with Crippen molar-refractivity contribution in [2.75, 3.05) is 5.32 Å². The number of carbonyl (C=O) groups is 1. The number of anilines is 1. The molecule has 3 rings (SSSR count). The van der Waals surface area contributed by atoms with Crippen LogP contribution in [0.3, 0.4) is 0 Å². The molecule has 0 spiro atoms. The summed E-state index contributed by atoms with van der Waals surface area (Å²) in [6.07, 6.45) is 2.03. The van der Waals surface area contributed by atoms with Crippen molar-refractivity contribution in [1.82, 2.24) is 20.6 Å². The van der Waals surface area contributed by atoms with Crippen molar-refractivity contribution in [3.8, 4) is 11.4 Å². The van der Waals surface area contributed by atoms with Crippen LogP contribution in [0.1, 0.15) is 19.8 Å². The molecule has 0 saturated heterocycles. The minimum Gasteiger partial charge on any atom is -0.324 e. The molecule has 2 aromatic rings. The summed E-state index contributed by atoms with van der Waals surface area (Å²) < 4.78 is 0. The highest BCUT2D eigenvalue weighted by Crippen LogP contribution is 2.38. The van der Waals surface area contributed by atoms with Crippen LogP contribution in [0.2, 0.25) is 0 Å². The van der Waals surface area contributed by atoms with E-state index in [9.17, 15) is 4.79 Å². The lowest BCUT2D eigenvalue weighted by atomic mass is 9.96. The van der Waals surface area contributed by atoms with Crippen LogP contribution in [0.15, 0.2) is 24.3 Å². The van der Waals surface area contributed by atoms with Crippen LogP contribution in [-0.2, 0) is 4.79 Å². The Kier molecular flexibility index (Phi) is 2.98. The second-order valence-electron chi connectivity index (χ2n) is 5.33. The number of carbonyl (C=O) groups excluding carboxylic acids is 1. The summed E-state index contributed by atoms with van der Waals surface area (Å²) >= 11 is 0. The maximum absolute atomic E-state index is 12.2. The number of H-pyrrole nitrogens is 1. The summed E-state index contributed by atoms with van der Waals surface area (Å²) in [6, 6.07) is 7.28. The molecular weight excluding hydrogens is 256 g/mol. The van der Waals surface area contributed by atoms with Crippen LogP contribution in [0.25, 0.3) is 11.4 Å². The Bertz CT molecular complexity index is 618. The van der Waals surface area contributed by atoms with Crippen molar-refractivity contribution in [2.24, 2.45) is 11.7 Å². The first-order valence-corrected chi connectivity index (χ1v) is 6.51. The Hall–Kier alpha value is -2.28. The summed E-state index contributed by atoms with van der Waals surface area (Å²) in [4.78, 5) is 12.2. The lowest BCUT2D eigenvalue weighted by molar-refractivity contribution is -0.121. The fraction of sp³-hybridized carbons (Fsp3) is 0.385. The van der Waals surface area contributed by atoms with Crippen LogP contribution in [0.5, 0.6) is 0 Å². The lowest BCUT2D eigenvalue weighted by Crippen LogP contribution is -2.50. The Morgan fingerprint density at radius 2 is 2.30 bits per heavy atom. The third-order valence-corrected chi connectivity index (χ3v) is 3.64. The molecule has 0 radical (unpaired) electrons. The molecule has 1 saturated carbocycles. The zero-order valence-electron chi connectivity index (χ0n) is 11.1.